The number of phenols is 1. The SMILES string of the molecule is O=C(COC(=O)c1ccccc1O)c1ccc2c(c1)OCCO2. The number of rotatable bonds is 4. The number of phenolic OH excluding ortho intramolecular Hbond substituents is 1. The Kier molecular flexibility index (Phi) is 4.14. The standard InChI is InChI=1S/C17H14O6/c18-13-4-2-1-3-12(13)17(20)23-10-14(19)11-5-6-15-16(9-11)22-8-7-21-15/h1-6,9,18H,7-8,10H2. The highest BCUT2D eigenvalue weighted by Gasteiger charge is 2.17. The van der Waals surface area contributed by atoms with Gasteiger partial charge < -0.3 is 19.3 Å². The third-order valence-corrected chi connectivity index (χ3v) is 3.32. The van der Waals surface area contributed by atoms with Gasteiger partial charge in [-0.15, -0.1) is 0 Å². The minimum atomic E-state index is -0.756. The summed E-state index contributed by atoms with van der Waals surface area (Å²) in [6.07, 6.45) is 0. The normalized spacial score (nSPS) is 12.5. The number of hydrogen-bond donors (Lipinski definition) is 1. The number of hydrogen-bond acceptors (Lipinski definition) is 6. The van der Waals surface area contributed by atoms with Crippen molar-refractivity contribution < 1.29 is 28.9 Å². The zero-order chi connectivity index (χ0) is 16.2. The topological polar surface area (TPSA) is 82.1 Å². The van der Waals surface area contributed by atoms with Crippen LogP contribution in [0.15, 0.2) is 42.5 Å². The molecule has 0 aromatic heterocycles. The number of Topliss-reactive ketones (excluding diaryl/α,β-unsaturated/α-hetero) is 1. The average Bonchev–Trinajstić information content (AvgIpc) is 2.59. The summed E-state index contributed by atoms with van der Waals surface area (Å²) in [5, 5.41) is 9.58. The van der Waals surface area contributed by atoms with E-state index in [-0.39, 0.29) is 17.1 Å². The van der Waals surface area contributed by atoms with E-state index in [0.29, 0.717) is 30.3 Å². The highest BCUT2D eigenvalue weighted by molar-refractivity contribution is 6.00. The number of ketones is 1. The lowest BCUT2D eigenvalue weighted by atomic mass is 10.1. The van der Waals surface area contributed by atoms with Crippen LogP contribution in [0.3, 0.4) is 0 Å². The second-order valence-corrected chi connectivity index (χ2v) is 4.87. The van der Waals surface area contributed by atoms with Crippen molar-refractivity contribution in [3.05, 3.63) is 53.6 Å². The van der Waals surface area contributed by atoms with Gasteiger partial charge in [0.25, 0.3) is 0 Å². The van der Waals surface area contributed by atoms with Gasteiger partial charge in [0.05, 0.1) is 0 Å². The Hall–Kier alpha value is -3.02. The van der Waals surface area contributed by atoms with Crippen LogP contribution in [0.5, 0.6) is 17.2 Å². The van der Waals surface area contributed by atoms with E-state index in [1.165, 1.54) is 12.1 Å². The fourth-order valence-corrected chi connectivity index (χ4v) is 2.16. The van der Waals surface area contributed by atoms with Crippen LogP contribution >= 0.6 is 0 Å². The van der Waals surface area contributed by atoms with Gasteiger partial charge in [0.1, 0.15) is 24.5 Å². The van der Waals surface area contributed by atoms with Gasteiger partial charge in [-0.1, -0.05) is 12.1 Å². The number of esters is 1. The molecule has 118 valence electrons. The highest BCUT2D eigenvalue weighted by Crippen LogP contribution is 2.30. The van der Waals surface area contributed by atoms with Crippen LogP contribution in [-0.4, -0.2) is 36.7 Å². The number of fused-ring (bicyclic) bond motifs is 1. The number of aromatic hydroxyl groups is 1. The second kappa shape index (κ2) is 6.39. The Balaban J connectivity index is 1.66. The Bertz CT molecular complexity index is 752. The molecule has 0 spiro atoms. The molecule has 0 unspecified atom stereocenters. The zero-order valence-electron chi connectivity index (χ0n) is 12.2. The molecule has 1 heterocycles. The molecule has 0 amide bonds. The molecule has 3 rings (SSSR count). The van der Waals surface area contributed by atoms with E-state index < -0.39 is 12.6 Å². The van der Waals surface area contributed by atoms with Crippen molar-refractivity contribution in [1.29, 1.82) is 0 Å². The van der Waals surface area contributed by atoms with E-state index in [1.54, 1.807) is 30.3 Å². The molecule has 23 heavy (non-hydrogen) atoms. The second-order valence-electron chi connectivity index (χ2n) is 4.87. The molecule has 6 nitrogen and oxygen atoms in total. The molecular weight excluding hydrogens is 300 g/mol. The first kappa shape index (κ1) is 14.9. The predicted octanol–water partition coefficient (Wildman–Crippen LogP) is 2.20. The lowest BCUT2D eigenvalue weighted by Gasteiger charge is -2.18. The lowest BCUT2D eigenvalue weighted by molar-refractivity contribution is 0.0471. The number of benzene rings is 2. The maximum absolute atomic E-state index is 12.1. The molecule has 6 heteroatoms. The van der Waals surface area contributed by atoms with Gasteiger partial charge in [0.2, 0.25) is 0 Å². The van der Waals surface area contributed by atoms with Gasteiger partial charge in [0, 0.05) is 5.56 Å². The molecule has 1 aliphatic rings. The maximum atomic E-state index is 12.1. The minimum absolute atomic E-state index is 0.0162. The van der Waals surface area contributed by atoms with Crippen LogP contribution in [-0.2, 0) is 4.74 Å². The molecule has 1 aliphatic heterocycles. The third kappa shape index (κ3) is 3.26. The fourth-order valence-electron chi connectivity index (χ4n) is 2.16. The summed E-state index contributed by atoms with van der Waals surface area (Å²) in [5.41, 5.74) is 0.377. The Morgan fingerprint density at radius 3 is 2.57 bits per heavy atom. The summed E-state index contributed by atoms with van der Waals surface area (Å²) in [5.74, 6) is -0.239. The van der Waals surface area contributed by atoms with Crippen molar-refractivity contribution in [1.82, 2.24) is 0 Å². The van der Waals surface area contributed by atoms with Crippen molar-refractivity contribution in [2.75, 3.05) is 19.8 Å². The minimum Gasteiger partial charge on any atom is -0.507 e. The van der Waals surface area contributed by atoms with Crippen LogP contribution in [0.4, 0.5) is 0 Å². The van der Waals surface area contributed by atoms with Crippen LogP contribution in [0.25, 0.3) is 0 Å². The van der Waals surface area contributed by atoms with E-state index in [2.05, 4.69) is 0 Å². The number of carbonyl (C=O) groups excluding carboxylic acids is 2. The maximum Gasteiger partial charge on any atom is 0.342 e. The molecule has 0 fully saturated rings. The fraction of sp³-hybridized carbons (Fsp3) is 0.176. The van der Waals surface area contributed by atoms with E-state index in [9.17, 15) is 14.7 Å². The zero-order valence-corrected chi connectivity index (χ0v) is 12.2. The van der Waals surface area contributed by atoms with Gasteiger partial charge in [0.15, 0.2) is 23.9 Å². The van der Waals surface area contributed by atoms with E-state index in [1.807, 2.05) is 0 Å². The third-order valence-electron chi connectivity index (χ3n) is 3.32. The average molecular weight is 314 g/mol. The summed E-state index contributed by atoms with van der Waals surface area (Å²) in [6.45, 7) is 0.470. The molecule has 1 N–H and O–H groups in total. The molecule has 0 atom stereocenters. The van der Waals surface area contributed by atoms with Crippen LogP contribution in [0.1, 0.15) is 20.7 Å². The first-order chi connectivity index (χ1) is 11.1. The van der Waals surface area contributed by atoms with Crippen molar-refractivity contribution in [3.63, 3.8) is 0 Å². The molecule has 0 saturated carbocycles. The molecule has 2 aromatic rings. The van der Waals surface area contributed by atoms with E-state index >= 15 is 0 Å². The van der Waals surface area contributed by atoms with Crippen molar-refractivity contribution >= 4 is 11.8 Å². The Labute approximate surface area is 132 Å². The van der Waals surface area contributed by atoms with Gasteiger partial charge in [-0.3, -0.25) is 4.79 Å². The van der Waals surface area contributed by atoms with Gasteiger partial charge in [-0.2, -0.15) is 0 Å². The van der Waals surface area contributed by atoms with E-state index in [0.717, 1.165) is 0 Å². The van der Waals surface area contributed by atoms with Crippen molar-refractivity contribution in [2.24, 2.45) is 0 Å². The summed E-state index contributed by atoms with van der Waals surface area (Å²) in [7, 11) is 0. The van der Waals surface area contributed by atoms with Gasteiger partial charge in [-0.05, 0) is 30.3 Å². The largest absolute Gasteiger partial charge is 0.507 e. The Morgan fingerprint density at radius 2 is 1.78 bits per heavy atom. The number of para-hydroxylation sites is 1. The van der Waals surface area contributed by atoms with Crippen molar-refractivity contribution in [3.8, 4) is 17.2 Å². The van der Waals surface area contributed by atoms with Crippen LogP contribution in [0, 0.1) is 0 Å². The molecule has 0 bridgehead atoms. The van der Waals surface area contributed by atoms with Crippen molar-refractivity contribution in [2.45, 2.75) is 0 Å². The molecular formula is C17H14O6. The molecule has 0 saturated heterocycles. The summed E-state index contributed by atoms with van der Waals surface area (Å²) < 4.78 is 15.7. The number of carbonyl (C=O) groups is 2. The van der Waals surface area contributed by atoms with Crippen LogP contribution < -0.4 is 9.47 Å². The molecule has 0 radical (unpaired) electrons. The summed E-state index contributed by atoms with van der Waals surface area (Å²) >= 11 is 0. The van der Waals surface area contributed by atoms with E-state index in [4.69, 9.17) is 14.2 Å². The highest BCUT2D eigenvalue weighted by atomic mass is 16.6. The lowest BCUT2D eigenvalue weighted by Crippen LogP contribution is -2.17. The monoisotopic (exact) mass is 314 g/mol. The summed E-state index contributed by atoms with van der Waals surface area (Å²) in [4.78, 5) is 24.0. The van der Waals surface area contributed by atoms with Gasteiger partial charge >= 0.3 is 5.97 Å². The summed E-state index contributed by atoms with van der Waals surface area (Å²) in [6, 6.07) is 10.8. The number of ether oxygens (including phenoxy) is 3. The quantitative estimate of drug-likeness (QED) is 0.688. The Morgan fingerprint density at radius 1 is 1.04 bits per heavy atom. The smallest absolute Gasteiger partial charge is 0.342 e. The first-order valence-corrected chi connectivity index (χ1v) is 7.03. The first-order valence-electron chi connectivity index (χ1n) is 7.03. The molecule has 0 aliphatic carbocycles. The predicted molar refractivity (Wildman–Crippen MR) is 80.2 cm³/mol. The van der Waals surface area contributed by atoms with Gasteiger partial charge in [-0.25, -0.2) is 4.79 Å². The van der Waals surface area contributed by atoms with Crippen LogP contribution in [0.2, 0.25) is 0 Å². The molecule has 2 aromatic carbocycles.